The molecule has 0 aliphatic carbocycles. The van der Waals surface area contributed by atoms with E-state index >= 15 is 0 Å². The van der Waals surface area contributed by atoms with E-state index in [-0.39, 0.29) is 11.6 Å². The van der Waals surface area contributed by atoms with E-state index in [0.717, 1.165) is 5.69 Å². The predicted octanol–water partition coefficient (Wildman–Crippen LogP) is 2.92. The van der Waals surface area contributed by atoms with Gasteiger partial charge in [-0.25, -0.2) is 19.2 Å². The first-order valence-corrected chi connectivity index (χ1v) is 8.90. The van der Waals surface area contributed by atoms with Crippen molar-refractivity contribution in [1.82, 2.24) is 9.97 Å². The van der Waals surface area contributed by atoms with E-state index in [2.05, 4.69) is 15.3 Å². The Kier molecular flexibility index (Phi) is 6.53. The Labute approximate surface area is 172 Å². The van der Waals surface area contributed by atoms with Crippen molar-refractivity contribution >= 4 is 23.3 Å². The summed E-state index contributed by atoms with van der Waals surface area (Å²) in [4.78, 5) is 33.8. The highest BCUT2D eigenvalue weighted by atomic mass is 19.1. The fraction of sp³-hybridized carbons (Fsp3) is 0.143. The van der Waals surface area contributed by atoms with Crippen LogP contribution in [0.4, 0.5) is 15.8 Å². The van der Waals surface area contributed by atoms with Crippen LogP contribution in [0.25, 0.3) is 0 Å². The molecule has 0 aliphatic heterocycles. The van der Waals surface area contributed by atoms with E-state index < -0.39 is 24.3 Å². The van der Waals surface area contributed by atoms with Gasteiger partial charge >= 0.3 is 12.0 Å². The highest BCUT2D eigenvalue weighted by Gasteiger charge is 2.11. The van der Waals surface area contributed by atoms with Crippen LogP contribution in [0.2, 0.25) is 0 Å². The molecule has 1 heterocycles. The summed E-state index contributed by atoms with van der Waals surface area (Å²) in [6.07, 6.45) is 2.51. The van der Waals surface area contributed by atoms with Gasteiger partial charge in [0.25, 0.3) is 5.91 Å². The van der Waals surface area contributed by atoms with E-state index in [4.69, 9.17) is 9.47 Å². The van der Waals surface area contributed by atoms with Crippen molar-refractivity contribution in [3.8, 4) is 11.8 Å². The molecule has 0 aliphatic rings. The molecular formula is C21H19FN4O4. The number of rotatable bonds is 7. The third kappa shape index (κ3) is 5.74. The maximum atomic E-state index is 12.9. The third-order valence-corrected chi connectivity index (χ3v) is 3.88. The van der Waals surface area contributed by atoms with E-state index in [9.17, 15) is 14.0 Å². The maximum absolute atomic E-state index is 12.9. The smallest absolute Gasteiger partial charge is 0.349 e. The molecule has 3 aromatic rings. The molecule has 9 heteroatoms. The van der Waals surface area contributed by atoms with Crippen LogP contribution < -0.4 is 19.7 Å². The lowest BCUT2D eigenvalue weighted by atomic mass is 10.2. The van der Waals surface area contributed by atoms with Gasteiger partial charge in [0, 0.05) is 43.9 Å². The van der Waals surface area contributed by atoms with Gasteiger partial charge in [0.1, 0.15) is 11.6 Å². The minimum Gasteiger partial charge on any atom is -0.451 e. The van der Waals surface area contributed by atoms with Crippen LogP contribution in [-0.4, -0.2) is 42.5 Å². The summed E-state index contributed by atoms with van der Waals surface area (Å²) in [5, 5.41) is 2.59. The Morgan fingerprint density at radius 3 is 2.43 bits per heavy atom. The molecule has 0 unspecified atom stereocenters. The van der Waals surface area contributed by atoms with Crippen molar-refractivity contribution in [2.75, 3.05) is 30.9 Å². The molecule has 1 amide bonds. The summed E-state index contributed by atoms with van der Waals surface area (Å²) < 4.78 is 23.3. The molecule has 0 bridgehead atoms. The second kappa shape index (κ2) is 9.46. The first-order chi connectivity index (χ1) is 14.4. The highest BCUT2D eigenvalue weighted by Crippen LogP contribution is 2.19. The van der Waals surface area contributed by atoms with Gasteiger partial charge in [0.05, 0.1) is 5.56 Å². The number of nitrogens with one attached hydrogen (secondary N) is 1. The normalized spacial score (nSPS) is 10.2. The van der Waals surface area contributed by atoms with Gasteiger partial charge in [-0.15, -0.1) is 0 Å². The number of halogens is 1. The van der Waals surface area contributed by atoms with Crippen LogP contribution in [-0.2, 0) is 4.79 Å². The molecule has 0 atom stereocenters. The van der Waals surface area contributed by atoms with Crippen molar-refractivity contribution in [3.05, 3.63) is 72.3 Å². The van der Waals surface area contributed by atoms with Crippen LogP contribution in [0.3, 0.4) is 0 Å². The molecule has 154 valence electrons. The van der Waals surface area contributed by atoms with Crippen LogP contribution in [0.1, 0.15) is 10.4 Å². The average Bonchev–Trinajstić information content (AvgIpc) is 2.74. The van der Waals surface area contributed by atoms with E-state index in [1.165, 1.54) is 36.7 Å². The molecule has 0 spiro atoms. The van der Waals surface area contributed by atoms with Gasteiger partial charge in [-0.2, -0.15) is 0 Å². The minimum absolute atomic E-state index is 0.0766. The zero-order valence-corrected chi connectivity index (χ0v) is 16.3. The summed E-state index contributed by atoms with van der Waals surface area (Å²) in [6.45, 7) is -0.396. The number of hydrogen-bond acceptors (Lipinski definition) is 7. The minimum atomic E-state index is -0.618. The van der Waals surface area contributed by atoms with Gasteiger partial charge in [-0.05, 0) is 36.4 Å². The number of carbonyl (C=O) groups is 2. The molecule has 8 nitrogen and oxygen atoms in total. The zero-order valence-electron chi connectivity index (χ0n) is 16.3. The molecule has 30 heavy (non-hydrogen) atoms. The summed E-state index contributed by atoms with van der Waals surface area (Å²) in [5.41, 5.74) is 1.50. The molecule has 0 fully saturated rings. The van der Waals surface area contributed by atoms with Crippen LogP contribution in [0.5, 0.6) is 11.8 Å². The van der Waals surface area contributed by atoms with Crippen LogP contribution in [0.15, 0.2) is 60.9 Å². The lowest BCUT2D eigenvalue weighted by Gasteiger charge is -2.13. The SMILES string of the molecule is CN(C)c1cccc(OC(=O)COc2ncc(C(=O)Nc3ccc(F)cc3)cn2)c1. The first-order valence-electron chi connectivity index (χ1n) is 8.90. The number of amides is 1. The van der Waals surface area contributed by atoms with Crippen molar-refractivity contribution in [3.63, 3.8) is 0 Å². The third-order valence-electron chi connectivity index (χ3n) is 3.88. The molecule has 1 aromatic heterocycles. The maximum Gasteiger partial charge on any atom is 0.349 e. The fourth-order valence-corrected chi connectivity index (χ4v) is 2.35. The van der Waals surface area contributed by atoms with Gasteiger partial charge in [-0.3, -0.25) is 4.79 Å². The van der Waals surface area contributed by atoms with Crippen molar-refractivity contribution in [2.45, 2.75) is 0 Å². The molecule has 0 saturated heterocycles. The van der Waals surface area contributed by atoms with Gasteiger partial charge in [0.2, 0.25) is 0 Å². The van der Waals surface area contributed by atoms with Crippen LogP contribution in [0, 0.1) is 5.82 Å². The van der Waals surface area contributed by atoms with E-state index in [0.29, 0.717) is 11.4 Å². The molecule has 0 radical (unpaired) electrons. The lowest BCUT2D eigenvalue weighted by molar-refractivity contribution is -0.136. The van der Waals surface area contributed by atoms with Gasteiger partial charge < -0.3 is 19.7 Å². The summed E-state index contributed by atoms with van der Waals surface area (Å²) >= 11 is 0. The molecule has 3 rings (SSSR count). The molecule has 2 aromatic carbocycles. The van der Waals surface area contributed by atoms with Crippen molar-refractivity contribution in [1.29, 1.82) is 0 Å². The number of esters is 1. The number of hydrogen-bond donors (Lipinski definition) is 1. The van der Waals surface area contributed by atoms with E-state index in [1.54, 1.807) is 18.2 Å². The second-order valence-electron chi connectivity index (χ2n) is 6.37. The topological polar surface area (TPSA) is 93.6 Å². The van der Waals surface area contributed by atoms with Gasteiger partial charge in [-0.1, -0.05) is 6.07 Å². The Morgan fingerprint density at radius 1 is 1.07 bits per heavy atom. The molecule has 0 saturated carbocycles. The summed E-state index contributed by atoms with van der Waals surface area (Å²) in [5.74, 6) is -1.09. The second-order valence-corrected chi connectivity index (χ2v) is 6.37. The largest absolute Gasteiger partial charge is 0.451 e. The van der Waals surface area contributed by atoms with Crippen molar-refractivity contribution in [2.24, 2.45) is 0 Å². The Hall–Kier alpha value is -4.01. The van der Waals surface area contributed by atoms with Gasteiger partial charge in [0.15, 0.2) is 6.61 Å². The summed E-state index contributed by atoms with van der Waals surface area (Å²) in [6, 6.07) is 12.3. The van der Waals surface area contributed by atoms with E-state index in [1.807, 2.05) is 25.1 Å². The number of carbonyl (C=O) groups excluding carboxylic acids is 2. The standard InChI is InChI=1S/C21H19FN4O4/c1-26(2)17-4-3-5-18(10-17)30-19(27)13-29-21-23-11-14(12-24-21)20(28)25-16-8-6-15(22)7-9-16/h3-12H,13H2,1-2H3,(H,25,28). The lowest BCUT2D eigenvalue weighted by Crippen LogP contribution is -2.19. The number of aromatic nitrogens is 2. The molecular weight excluding hydrogens is 391 g/mol. The number of benzene rings is 2. The fourth-order valence-electron chi connectivity index (χ4n) is 2.35. The molecule has 1 N–H and O–H groups in total. The summed E-state index contributed by atoms with van der Waals surface area (Å²) in [7, 11) is 3.76. The van der Waals surface area contributed by atoms with Crippen LogP contribution >= 0.6 is 0 Å². The monoisotopic (exact) mass is 410 g/mol. The zero-order chi connectivity index (χ0) is 21.5. The first kappa shape index (κ1) is 20.7. The van der Waals surface area contributed by atoms with Crippen molar-refractivity contribution < 1.29 is 23.5 Å². The quantitative estimate of drug-likeness (QED) is 0.473. The number of anilines is 2. The predicted molar refractivity (Wildman–Crippen MR) is 108 cm³/mol. The number of nitrogens with zero attached hydrogens (tertiary/aromatic N) is 3. The Bertz CT molecular complexity index is 1020. The number of ether oxygens (including phenoxy) is 2. The highest BCUT2D eigenvalue weighted by molar-refractivity contribution is 6.03. The Balaban J connectivity index is 1.51. The Morgan fingerprint density at radius 2 is 1.77 bits per heavy atom. The average molecular weight is 410 g/mol.